The zero-order valence-corrected chi connectivity index (χ0v) is 14.3. The molecule has 3 saturated carbocycles. The van der Waals surface area contributed by atoms with Crippen LogP contribution in [0.3, 0.4) is 0 Å². The molecular weight excluding hydrogens is 272 g/mol. The predicted octanol–water partition coefficient (Wildman–Crippen LogP) is 5.04. The van der Waals surface area contributed by atoms with Crippen LogP contribution in [0.25, 0.3) is 0 Å². The Morgan fingerprint density at radius 3 is 2.45 bits per heavy atom. The molecule has 2 nitrogen and oxygen atoms in total. The van der Waals surface area contributed by atoms with E-state index in [2.05, 4.69) is 26.0 Å². The van der Waals surface area contributed by atoms with Crippen LogP contribution in [0.15, 0.2) is 12.2 Å². The molecule has 0 aromatic heterocycles. The fourth-order valence-electron chi connectivity index (χ4n) is 7.39. The molecule has 2 unspecified atom stereocenters. The molecular formula is C20H30O2. The molecule has 2 heteroatoms. The summed E-state index contributed by atoms with van der Waals surface area (Å²) in [6, 6.07) is 0. The summed E-state index contributed by atoms with van der Waals surface area (Å²) in [7, 11) is 0. The molecule has 122 valence electrons. The van der Waals surface area contributed by atoms with Gasteiger partial charge in [-0.25, -0.2) is 0 Å². The normalized spacial score (nSPS) is 56.3. The molecule has 4 aliphatic carbocycles. The lowest BCUT2D eigenvalue weighted by atomic mass is 9.40. The van der Waals surface area contributed by atoms with Gasteiger partial charge >= 0.3 is 5.97 Å². The van der Waals surface area contributed by atoms with Gasteiger partial charge in [0.1, 0.15) is 0 Å². The molecule has 1 spiro atoms. The third-order valence-corrected chi connectivity index (χ3v) is 8.41. The van der Waals surface area contributed by atoms with E-state index in [4.69, 9.17) is 0 Å². The number of fused-ring (bicyclic) bond motifs is 3. The van der Waals surface area contributed by atoms with Gasteiger partial charge in [0.15, 0.2) is 0 Å². The maximum absolute atomic E-state index is 12.0. The fourth-order valence-corrected chi connectivity index (χ4v) is 7.39. The predicted molar refractivity (Wildman–Crippen MR) is 87.4 cm³/mol. The van der Waals surface area contributed by atoms with Gasteiger partial charge < -0.3 is 5.11 Å². The van der Waals surface area contributed by atoms with Gasteiger partial charge in [0.05, 0.1) is 5.41 Å². The molecule has 0 heterocycles. The van der Waals surface area contributed by atoms with Crippen LogP contribution in [0.2, 0.25) is 0 Å². The zero-order chi connectivity index (χ0) is 15.8. The van der Waals surface area contributed by atoms with E-state index in [9.17, 15) is 9.90 Å². The highest BCUT2D eigenvalue weighted by atomic mass is 16.4. The molecule has 6 atom stereocenters. The van der Waals surface area contributed by atoms with Crippen LogP contribution in [0.1, 0.15) is 72.1 Å². The molecule has 1 N–H and O–H groups in total. The number of carboxylic acid groups (broad SMARTS) is 1. The number of carboxylic acids is 1. The molecule has 22 heavy (non-hydrogen) atoms. The van der Waals surface area contributed by atoms with Crippen LogP contribution in [-0.2, 0) is 4.79 Å². The first kappa shape index (κ1) is 14.8. The van der Waals surface area contributed by atoms with Gasteiger partial charge in [-0.3, -0.25) is 4.79 Å². The zero-order valence-electron chi connectivity index (χ0n) is 14.3. The maximum atomic E-state index is 12.0. The van der Waals surface area contributed by atoms with Crippen molar-refractivity contribution in [1.82, 2.24) is 0 Å². The topological polar surface area (TPSA) is 37.3 Å². The van der Waals surface area contributed by atoms with E-state index in [0.29, 0.717) is 22.7 Å². The van der Waals surface area contributed by atoms with E-state index in [0.717, 1.165) is 19.3 Å². The van der Waals surface area contributed by atoms with E-state index in [1.165, 1.54) is 32.1 Å². The van der Waals surface area contributed by atoms with Crippen molar-refractivity contribution in [3.63, 3.8) is 0 Å². The van der Waals surface area contributed by atoms with Crippen LogP contribution >= 0.6 is 0 Å². The molecule has 0 amide bonds. The average molecular weight is 302 g/mol. The Kier molecular flexibility index (Phi) is 2.81. The Bertz CT molecular complexity index is 552. The molecule has 2 bridgehead atoms. The Morgan fingerprint density at radius 1 is 1.00 bits per heavy atom. The monoisotopic (exact) mass is 302 g/mol. The van der Waals surface area contributed by atoms with Crippen LogP contribution in [0.4, 0.5) is 0 Å². The van der Waals surface area contributed by atoms with Crippen molar-refractivity contribution in [3.05, 3.63) is 12.2 Å². The van der Waals surface area contributed by atoms with Crippen LogP contribution in [0, 0.1) is 33.5 Å². The van der Waals surface area contributed by atoms with E-state index < -0.39 is 11.4 Å². The molecule has 4 rings (SSSR count). The number of carbonyl (C=O) groups is 1. The van der Waals surface area contributed by atoms with Crippen molar-refractivity contribution in [1.29, 1.82) is 0 Å². The second-order valence-electron chi connectivity index (χ2n) is 9.66. The van der Waals surface area contributed by atoms with E-state index in [1.54, 1.807) is 0 Å². The quantitative estimate of drug-likeness (QED) is 0.689. The van der Waals surface area contributed by atoms with Gasteiger partial charge in [-0.05, 0) is 80.0 Å². The number of allylic oxidation sites excluding steroid dienone is 2. The minimum Gasteiger partial charge on any atom is -0.481 e. The smallest absolute Gasteiger partial charge is 0.309 e. The lowest BCUT2D eigenvalue weighted by molar-refractivity contribution is -0.179. The molecule has 0 aliphatic heterocycles. The average Bonchev–Trinajstić information content (AvgIpc) is 2.68. The Balaban J connectivity index is 1.75. The highest BCUT2D eigenvalue weighted by Gasteiger charge is 2.64. The summed E-state index contributed by atoms with van der Waals surface area (Å²) in [6.45, 7) is 6.90. The number of hydrogen-bond donors (Lipinski definition) is 1. The van der Waals surface area contributed by atoms with Gasteiger partial charge in [-0.15, -0.1) is 0 Å². The van der Waals surface area contributed by atoms with Gasteiger partial charge in [-0.1, -0.05) is 32.4 Å². The van der Waals surface area contributed by atoms with Crippen LogP contribution in [-0.4, -0.2) is 11.1 Å². The van der Waals surface area contributed by atoms with Gasteiger partial charge in [0.2, 0.25) is 0 Å². The summed E-state index contributed by atoms with van der Waals surface area (Å²) in [4.78, 5) is 12.0. The Labute approximate surface area is 134 Å². The second kappa shape index (κ2) is 4.19. The summed E-state index contributed by atoms with van der Waals surface area (Å²) in [5, 5.41) is 9.90. The third-order valence-electron chi connectivity index (χ3n) is 8.41. The van der Waals surface area contributed by atoms with Crippen molar-refractivity contribution >= 4 is 5.97 Å². The van der Waals surface area contributed by atoms with Crippen LogP contribution in [0.5, 0.6) is 0 Å². The maximum Gasteiger partial charge on any atom is 0.309 e. The lowest BCUT2D eigenvalue weighted by Crippen LogP contribution is -2.58. The summed E-state index contributed by atoms with van der Waals surface area (Å²) in [5.41, 5.74) is 0.525. The van der Waals surface area contributed by atoms with Gasteiger partial charge in [0.25, 0.3) is 0 Å². The van der Waals surface area contributed by atoms with Crippen molar-refractivity contribution in [2.24, 2.45) is 33.5 Å². The van der Waals surface area contributed by atoms with Crippen LogP contribution < -0.4 is 0 Å². The first-order valence-corrected chi connectivity index (χ1v) is 9.18. The largest absolute Gasteiger partial charge is 0.481 e. The fraction of sp³-hybridized carbons (Fsp3) is 0.850. The minimum atomic E-state index is -0.554. The number of aliphatic carboxylic acids is 1. The molecule has 4 aliphatic rings. The standard InChI is InChI=1S/C20H30O2/c1-17-9-5-15-18(2)7-4-8-19(3,16(21)22)14(18)6-10-20(15,13-17)12-11-17/h11-12,14-15H,4-10,13H2,1-3H3,(H,21,22)/t14?,15?,17-,18-,19-,20+/m1/s1. The second-order valence-corrected chi connectivity index (χ2v) is 9.66. The van der Waals surface area contributed by atoms with Crippen molar-refractivity contribution in [2.75, 3.05) is 0 Å². The molecule has 0 aromatic carbocycles. The molecule has 3 fully saturated rings. The van der Waals surface area contributed by atoms with Gasteiger partial charge in [-0.2, -0.15) is 0 Å². The summed E-state index contributed by atoms with van der Waals surface area (Å²) < 4.78 is 0. The SMILES string of the molecule is C[C@]12C=C[C@@]3(CCC4[C@@](C)(CCC[C@@]4(C)C(=O)O)C3CC1)C2. The molecule has 0 aromatic rings. The highest BCUT2D eigenvalue weighted by molar-refractivity contribution is 5.75. The van der Waals surface area contributed by atoms with E-state index in [1.807, 2.05) is 6.92 Å². The molecule has 0 saturated heterocycles. The Hall–Kier alpha value is -0.790. The van der Waals surface area contributed by atoms with Crippen molar-refractivity contribution in [2.45, 2.75) is 72.1 Å². The van der Waals surface area contributed by atoms with Crippen molar-refractivity contribution in [3.8, 4) is 0 Å². The lowest BCUT2D eigenvalue weighted by Gasteiger charge is -2.63. The first-order valence-electron chi connectivity index (χ1n) is 9.18. The Morgan fingerprint density at radius 2 is 1.73 bits per heavy atom. The highest BCUT2D eigenvalue weighted by Crippen LogP contribution is 2.71. The summed E-state index contributed by atoms with van der Waals surface area (Å²) in [5.74, 6) is 0.506. The molecule has 0 radical (unpaired) electrons. The van der Waals surface area contributed by atoms with E-state index >= 15 is 0 Å². The number of rotatable bonds is 1. The minimum absolute atomic E-state index is 0.222. The first-order chi connectivity index (χ1) is 10.2. The van der Waals surface area contributed by atoms with E-state index in [-0.39, 0.29) is 5.41 Å². The number of hydrogen-bond acceptors (Lipinski definition) is 1. The van der Waals surface area contributed by atoms with Crippen molar-refractivity contribution < 1.29 is 9.90 Å². The summed E-state index contributed by atoms with van der Waals surface area (Å²) in [6.07, 6.45) is 14.5. The summed E-state index contributed by atoms with van der Waals surface area (Å²) >= 11 is 0. The third kappa shape index (κ3) is 1.65. The van der Waals surface area contributed by atoms with Gasteiger partial charge in [0, 0.05) is 0 Å².